The lowest BCUT2D eigenvalue weighted by atomic mass is 9.81. The fourth-order valence-electron chi connectivity index (χ4n) is 3.52. The Balaban J connectivity index is 0.000000331. The molecule has 0 aromatic carbocycles. The van der Waals surface area contributed by atoms with Crippen LogP contribution >= 0.6 is 0 Å². The van der Waals surface area contributed by atoms with Crippen LogP contribution in [-0.2, 0) is 20.7 Å². The molecule has 0 fully saturated rings. The molecule has 0 saturated heterocycles. The third-order valence-electron chi connectivity index (χ3n) is 5.32. The lowest BCUT2D eigenvalue weighted by Crippen LogP contribution is -2.51. The molecule has 0 saturated carbocycles. The van der Waals surface area contributed by atoms with Crippen LogP contribution in [0.5, 0.6) is 0 Å². The molecule has 1 amide bonds. The molecule has 1 aliphatic rings. The number of hydrogen-bond donors (Lipinski definition) is 0. The minimum absolute atomic E-state index is 0.000370. The maximum atomic E-state index is 12.4. The number of hydrogen-bond acceptors (Lipinski definition) is 4. The van der Waals surface area contributed by atoms with Gasteiger partial charge in [0.05, 0.1) is 6.42 Å². The Morgan fingerprint density at radius 3 is 1.58 bits per heavy atom. The summed E-state index contributed by atoms with van der Waals surface area (Å²) in [5, 5.41) is 0. The molecule has 7 nitrogen and oxygen atoms in total. The van der Waals surface area contributed by atoms with Crippen molar-refractivity contribution in [1.29, 1.82) is 0 Å². The molecular weight excluding hydrogens is 418 g/mol. The smallest absolute Gasteiger partial charge is 0.313 e. The van der Waals surface area contributed by atoms with Crippen molar-refractivity contribution in [1.82, 2.24) is 14.0 Å². The highest BCUT2D eigenvalue weighted by molar-refractivity contribution is 6.10. The predicted molar refractivity (Wildman–Crippen MR) is 133 cm³/mol. The molecule has 1 aliphatic heterocycles. The van der Waals surface area contributed by atoms with Gasteiger partial charge in [-0.05, 0) is 74.7 Å². The molecule has 0 spiro atoms. The average molecular weight is 462 g/mol. The van der Waals surface area contributed by atoms with Crippen LogP contribution in [0.15, 0.2) is 27.6 Å². The topological polar surface area (TPSA) is 81.4 Å². The van der Waals surface area contributed by atoms with E-state index in [0.717, 1.165) is 5.57 Å². The van der Waals surface area contributed by atoms with Crippen molar-refractivity contribution in [2.45, 2.75) is 113 Å². The molecule has 2 heterocycles. The van der Waals surface area contributed by atoms with Gasteiger partial charge >= 0.3 is 5.69 Å². The van der Waals surface area contributed by atoms with E-state index in [0.29, 0.717) is 5.56 Å². The summed E-state index contributed by atoms with van der Waals surface area (Å²) in [6.45, 7) is 25.1. The van der Waals surface area contributed by atoms with Gasteiger partial charge in [0.1, 0.15) is 0 Å². The van der Waals surface area contributed by atoms with Gasteiger partial charge in [-0.3, -0.25) is 23.5 Å². The first-order valence-corrected chi connectivity index (χ1v) is 11.4. The largest absolute Gasteiger partial charge is 0.331 e. The molecule has 0 atom stereocenters. The summed E-state index contributed by atoms with van der Waals surface area (Å²) in [6.07, 6.45) is 3.38. The van der Waals surface area contributed by atoms with Crippen molar-refractivity contribution in [3.63, 3.8) is 0 Å². The normalized spacial score (nSPS) is 15.8. The van der Waals surface area contributed by atoms with Gasteiger partial charge in [0.25, 0.3) is 5.56 Å². The van der Waals surface area contributed by atoms with E-state index in [1.54, 1.807) is 28.8 Å². The first kappa shape index (κ1) is 28.6. The third kappa shape index (κ3) is 6.78. The molecule has 1 aromatic heterocycles. The molecule has 186 valence electrons. The molecule has 1 aromatic rings. The maximum absolute atomic E-state index is 12.4. The van der Waals surface area contributed by atoms with E-state index < -0.39 is 5.54 Å². The van der Waals surface area contributed by atoms with E-state index in [-0.39, 0.29) is 45.9 Å². The van der Waals surface area contributed by atoms with Crippen LogP contribution in [0, 0.1) is 12.3 Å². The summed E-state index contributed by atoms with van der Waals surface area (Å²) in [5.74, 6) is -0.150. The van der Waals surface area contributed by atoms with Crippen molar-refractivity contribution < 1.29 is 9.59 Å². The van der Waals surface area contributed by atoms with Crippen molar-refractivity contribution in [3.8, 4) is 0 Å². The number of Topliss-reactive ketones (excluding diaryl/α,β-unsaturated/α-hetero) is 1. The molecule has 0 unspecified atom stereocenters. The zero-order chi connectivity index (χ0) is 26.3. The second-order valence-electron chi connectivity index (χ2n) is 12.8. The molecule has 0 aliphatic carbocycles. The number of allylic oxidation sites excluding steroid dienone is 1. The molecule has 0 N–H and O–H groups in total. The van der Waals surface area contributed by atoms with Crippen LogP contribution in [0.3, 0.4) is 0 Å². The van der Waals surface area contributed by atoms with Crippen molar-refractivity contribution in [2.24, 2.45) is 5.41 Å². The van der Waals surface area contributed by atoms with Gasteiger partial charge in [-0.1, -0.05) is 20.8 Å². The van der Waals surface area contributed by atoms with Gasteiger partial charge in [0, 0.05) is 40.2 Å². The van der Waals surface area contributed by atoms with Crippen LogP contribution in [0.25, 0.3) is 0 Å². The minimum Gasteiger partial charge on any atom is -0.313 e. The van der Waals surface area contributed by atoms with Crippen molar-refractivity contribution in [3.05, 3.63) is 44.4 Å². The Morgan fingerprint density at radius 2 is 1.21 bits per heavy atom. The van der Waals surface area contributed by atoms with E-state index in [1.807, 2.05) is 83.1 Å². The van der Waals surface area contributed by atoms with Crippen molar-refractivity contribution in [2.75, 3.05) is 0 Å². The van der Waals surface area contributed by atoms with Gasteiger partial charge in [-0.15, -0.1) is 0 Å². The summed E-state index contributed by atoms with van der Waals surface area (Å²) in [4.78, 5) is 49.7. The maximum Gasteiger partial charge on any atom is 0.331 e. The summed E-state index contributed by atoms with van der Waals surface area (Å²) in [6, 6.07) is 0. The van der Waals surface area contributed by atoms with Crippen LogP contribution in [0.2, 0.25) is 0 Å². The monoisotopic (exact) mass is 461 g/mol. The summed E-state index contributed by atoms with van der Waals surface area (Å²) < 4.78 is 2.95. The second kappa shape index (κ2) is 9.07. The van der Waals surface area contributed by atoms with E-state index in [4.69, 9.17) is 0 Å². The Bertz CT molecular complexity index is 1060. The first-order chi connectivity index (χ1) is 14.5. The first-order valence-electron chi connectivity index (χ1n) is 11.4. The van der Waals surface area contributed by atoms with Crippen LogP contribution in [-0.4, -0.2) is 31.3 Å². The zero-order valence-corrected chi connectivity index (χ0v) is 22.8. The molecule has 7 heteroatoms. The fraction of sp³-hybridized carbons (Fsp3) is 0.692. The Kier molecular flexibility index (Phi) is 7.86. The Morgan fingerprint density at radius 1 is 0.727 bits per heavy atom. The van der Waals surface area contributed by atoms with E-state index in [2.05, 4.69) is 0 Å². The fourth-order valence-corrected chi connectivity index (χ4v) is 3.52. The average Bonchev–Trinajstić information content (AvgIpc) is 2.54. The minimum atomic E-state index is -0.507. The summed E-state index contributed by atoms with van der Waals surface area (Å²) in [7, 11) is 0. The Labute approximate surface area is 198 Å². The number of rotatable bonds is 0. The zero-order valence-electron chi connectivity index (χ0n) is 22.8. The van der Waals surface area contributed by atoms with Crippen LogP contribution in [0.4, 0.5) is 0 Å². The van der Waals surface area contributed by atoms with Crippen LogP contribution in [0.1, 0.15) is 95.1 Å². The van der Waals surface area contributed by atoms with Gasteiger partial charge in [0.15, 0.2) is 5.78 Å². The number of aryl methyl sites for hydroxylation is 1. The van der Waals surface area contributed by atoms with Crippen molar-refractivity contribution >= 4 is 11.7 Å². The number of ketones is 1. The lowest BCUT2D eigenvalue weighted by Gasteiger charge is -2.38. The molecule has 0 radical (unpaired) electrons. The van der Waals surface area contributed by atoms with Gasteiger partial charge in [0.2, 0.25) is 5.91 Å². The van der Waals surface area contributed by atoms with E-state index in [9.17, 15) is 19.2 Å². The standard InChI is InChI=1S/C13H22N2O2.C13H21NO2/c1-9-8-14(12(2,3)4)11(17)15(10(9)16)13(5,6)7;1-12(2,3)9-8-14(13(4,5)6)11(16)7-10(9)15/h8H,1-7H3;8H,7H2,1-6H3. The highest BCUT2D eigenvalue weighted by Gasteiger charge is 2.36. The number of carbonyl (C=O) groups excluding carboxylic acids is 2. The Hall–Kier alpha value is -2.44. The van der Waals surface area contributed by atoms with Gasteiger partial charge in [-0.25, -0.2) is 4.79 Å². The quantitative estimate of drug-likeness (QED) is 0.538. The van der Waals surface area contributed by atoms with E-state index >= 15 is 0 Å². The highest BCUT2D eigenvalue weighted by Crippen LogP contribution is 2.32. The summed E-state index contributed by atoms with van der Waals surface area (Å²) in [5.41, 5.74) is -0.439. The van der Waals surface area contributed by atoms with E-state index in [1.165, 1.54) is 4.57 Å². The number of nitrogens with zero attached hydrogens (tertiary/aromatic N) is 3. The second-order valence-corrected chi connectivity index (χ2v) is 12.8. The lowest BCUT2D eigenvalue weighted by molar-refractivity contribution is -0.137. The predicted octanol–water partition coefficient (Wildman–Crippen LogP) is 4.34. The SMILES string of the molecule is CC(C)(C)C1=CN(C(C)(C)C)C(=O)CC1=O.Cc1cn(C(C)(C)C)c(=O)n(C(C)(C)C)c1=O. The molecule has 0 bridgehead atoms. The number of amides is 1. The van der Waals surface area contributed by atoms with Gasteiger partial charge < -0.3 is 4.90 Å². The third-order valence-corrected chi connectivity index (χ3v) is 5.32. The summed E-state index contributed by atoms with van der Waals surface area (Å²) >= 11 is 0. The number of carbonyl (C=O) groups is 2. The highest BCUT2D eigenvalue weighted by atomic mass is 16.2. The molecule has 33 heavy (non-hydrogen) atoms. The molecular formula is C26H43N3O4. The number of aromatic nitrogens is 2. The molecule has 2 rings (SSSR count). The van der Waals surface area contributed by atoms with Gasteiger partial charge in [-0.2, -0.15) is 0 Å². The van der Waals surface area contributed by atoms with Crippen LogP contribution < -0.4 is 11.2 Å².